The molecule has 0 spiro atoms. The lowest BCUT2D eigenvalue weighted by atomic mass is 10.1. The second-order valence-electron chi connectivity index (χ2n) is 5.40. The Morgan fingerprint density at radius 1 is 1.42 bits per heavy atom. The van der Waals surface area contributed by atoms with Crippen LogP contribution in [0.2, 0.25) is 0 Å². The second-order valence-corrected chi connectivity index (χ2v) is 5.40. The van der Waals surface area contributed by atoms with Crippen molar-refractivity contribution in [3.8, 4) is 0 Å². The predicted molar refractivity (Wildman–Crippen MR) is 80.2 cm³/mol. The Balaban J connectivity index is 1.79. The van der Waals surface area contributed by atoms with Gasteiger partial charge in [-0.1, -0.05) is 0 Å². The van der Waals surface area contributed by atoms with Crippen LogP contribution in [0, 0.1) is 5.92 Å². The first-order valence-electron chi connectivity index (χ1n) is 6.79. The van der Waals surface area contributed by atoms with E-state index in [9.17, 15) is 0 Å². The Kier molecular flexibility index (Phi) is 3.25. The average molecular weight is 256 g/mol. The molecule has 4 heteroatoms. The summed E-state index contributed by atoms with van der Waals surface area (Å²) in [6.07, 6.45) is 3.08. The van der Waals surface area contributed by atoms with Crippen LogP contribution in [0.25, 0.3) is 10.9 Å². The van der Waals surface area contributed by atoms with Crippen LogP contribution in [-0.4, -0.2) is 36.6 Å². The third-order valence-corrected chi connectivity index (χ3v) is 3.87. The van der Waals surface area contributed by atoms with Crippen molar-refractivity contribution in [1.29, 1.82) is 0 Å². The minimum absolute atomic E-state index is 0.723. The predicted octanol–water partition coefficient (Wildman–Crippen LogP) is 2.18. The van der Waals surface area contributed by atoms with Gasteiger partial charge in [-0.05, 0) is 50.2 Å². The van der Waals surface area contributed by atoms with E-state index < -0.39 is 0 Å². The van der Waals surface area contributed by atoms with Crippen molar-refractivity contribution in [3.05, 3.63) is 30.5 Å². The number of fused-ring (bicyclic) bond motifs is 1. The zero-order valence-electron chi connectivity index (χ0n) is 11.3. The number of nitrogens with zero attached hydrogens (tertiary/aromatic N) is 2. The van der Waals surface area contributed by atoms with Gasteiger partial charge in [0.2, 0.25) is 0 Å². The number of rotatable bonds is 3. The zero-order valence-corrected chi connectivity index (χ0v) is 11.3. The first-order chi connectivity index (χ1) is 9.24. The standard InChI is InChI=1S/C15H20N4/c1-19-8-6-11(10-19)9-18-14-5-4-13(16)12-3-2-7-17-15(12)14/h2-5,7,11,18H,6,8-10,16H2,1H3. The molecule has 0 saturated carbocycles. The highest BCUT2D eigenvalue weighted by Crippen LogP contribution is 2.26. The van der Waals surface area contributed by atoms with Gasteiger partial charge in [0.1, 0.15) is 0 Å². The van der Waals surface area contributed by atoms with Crippen molar-refractivity contribution >= 4 is 22.3 Å². The SMILES string of the molecule is CN1CCC(CNc2ccc(N)c3cccnc23)C1. The summed E-state index contributed by atoms with van der Waals surface area (Å²) in [6, 6.07) is 7.93. The van der Waals surface area contributed by atoms with Crippen LogP contribution < -0.4 is 11.1 Å². The Morgan fingerprint density at radius 3 is 3.11 bits per heavy atom. The van der Waals surface area contributed by atoms with Gasteiger partial charge in [-0.15, -0.1) is 0 Å². The first kappa shape index (κ1) is 12.2. The average Bonchev–Trinajstić information content (AvgIpc) is 2.84. The monoisotopic (exact) mass is 256 g/mol. The number of hydrogen-bond donors (Lipinski definition) is 2. The maximum atomic E-state index is 5.99. The van der Waals surface area contributed by atoms with E-state index in [2.05, 4.69) is 22.2 Å². The van der Waals surface area contributed by atoms with E-state index in [1.54, 1.807) is 0 Å². The maximum Gasteiger partial charge on any atom is 0.0953 e. The molecule has 0 amide bonds. The molecular weight excluding hydrogens is 236 g/mol. The zero-order chi connectivity index (χ0) is 13.2. The summed E-state index contributed by atoms with van der Waals surface area (Å²) < 4.78 is 0. The number of nitrogens with one attached hydrogen (secondary N) is 1. The molecular formula is C15H20N4. The van der Waals surface area contributed by atoms with Gasteiger partial charge in [0.05, 0.1) is 11.2 Å². The Labute approximate surface area is 113 Å². The van der Waals surface area contributed by atoms with E-state index >= 15 is 0 Å². The topological polar surface area (TPSA) is 54.2 Å². The highest BCUT2D eigenvalue weighted by molar-refractivity contribution is 5.98. The van der Waals surface area contributed by atoms with Gasteiger partial charge in [0.15, 0.2) is 0 Å². The molecule has 0 radical (unpaired) electrons. The van der Waals surface area contributed by atoms with Gasteiger partial charge >= 0.3 is 0 Å². The largest absolute Gasteiger partial charge is 0.398 e. The van der Waals surface area contributed by atoms with Gasteiger partial charge in [0, 0.05) is 30.4 Å². The minimum atomic E-state index is 0.723. The molecule has 19 heavy (non-hydrogen) atoms. The number of aromatic nitrogens is 1. The lowest BCUT2D eigenvalue weighted by Gasteiger charge is -2.14. The molecule has 1 aromatic heterocycles. The summed E-state index contributed by atoms with van der Waals surface area (Å²) in [6.45, 7) is 3.38. The Morgan fingerprint density at radius 2 is 2.32 bits per heavy atom. The minimum Gasteiger partial charge on any atom is -0.398 e. The molecule has 4 nitrogen and oxygen atoms in total. The molecule has 1 fully saturated rings. The van der Waals surface area contributed by atoms with Crippen LogP contribution in [0.5, 0.6) is 0 Å². The van der Waals surface area contributed by atoms with Crippen LogP contribution in [0.1, 0.15) is 6.42 Å². The van der Waals surface area contributed by atoms with Gasteiger partial charge in [-0.25, -0.2) is 0 Å². The van der Waals surface area contributed by atoms with E-state index in [0.717, 1.165) is 34.7 Å². The van der Waals surface area contributed by atoms with Crippen molar-refractivity contribution in [2.24, 2.45) is 5.92 Å². The molecule has 1 atom stereocenters. The summed E-state index contributed by atoms with van der Waals surface area (Å²) in [5, 5.41) is 4.56. The maximum absolute atomic E-state index is 5.99. The molecule has 0 aliphatic carbocycles. The number of likely N-dealkylation sites (tertiary alicyclic amines) is 1. The summed E-state index contributed by atoms with van der Waals surface area (Å²) in [5.74, 6) is 0.723. The molecule has 1 saturated heterocycles. The smallest absolute Gasteiger partial charge is 0.0953 e. The lowest BCUT2D eigenvalue weighted by Crippen LogP contribution is -2.19. The quantitative estimate of drug-likeness (QED) is 0.827. The summed E-state index contributed by atoms with van der Waals surface area (Å²) in [7, 11) is 2.18. The van der Waals surface area contributed by atoms with Gasteiger partial charge in [-0.2, -0.15) is 0 Å². The van der Waals surface area contributed by atoms with Crippen LogP contribution in [0.4, 0.5) is 11.4 Å². The number of hydrogen-bond acceptors (Lipinski definition) is 4. The van der Waals surface area contributed by atoms with E-state index in [0.29, 0.717) is 0 Å². The molecule has 2 aromatic rings. The third kappa shape index (κ3) is 2.49. The molecule has 1 aliphatic rings. The number of anilines is 2. The van der Waals surface area contributed by atoms with Crippen LogP contribution >= 0.6 is 0 Å². The Hall–Kier alpha value is -1.81. The van der Waals surface area contributed by atoms with Gasteiger partial charge in [-0.3, -0.25) is 4.98 Å². The number of benzene rings is 1. The van der Waals surface area contributed by atoms with Crippen molar-refractivity contribution in [2.75, 3.05) is 37.7 Å². The molecule has 2 heterocycles. The molecule has 100 valence electrons. The van der Waals surface area contributed by atoms with Crippen molar-refractivity contribution in [3.63, 3.8) is 0 Å². The summed E-state index contributed by atoms with van der Waals surface area (Å²) in [5.41, 5.74) is 8.82. The fourth-order valence-electron chi connectivity index (χ4n) is 2.78. The Bertz CT molecular complexity index is 581. The van der Waals surface area contributed by atoms with Gasteiger partial charge < -0.3 is 16.0 Å². The van der Waals surface area contributed by atoms with Crippen molar-refractivity contribution in [1.82, 2.24) is 9.88 Å². The molecule has 1 aromatic carbocycles. The molecule has 3 rings (SSSR count). The van der Waals surface area contributed by atoms with E-state index in [-0.39, 0.29) is 0 Å². The highest BCUT2D eigenvalue weighted by atomic mass is 15.1. The molecule has 1 unspecified atom stereocenters. The molecule has 1 aliphatic heterocycles. The van der Waals surface area contributed by atoms with Crippen molar-refractivity contribution < 1.29 is 0 Å². The van der Waals surface area contributed by atoms with Crippen molar-refractivity contribution in [2.45, 2.75) is 6.42 Å². The van der Waals surface area contributed by atoms with Crippen LogP contribution in [0.15, 0.2) is 30.5 Å². The van der Waals surface area contributed by atoms with Gasteiger partial charge in [0.25, 0.3) is 0 Å². The molecule has 0 bridgehead atoms. The first-order valence-corrected chi connectivity index (χ1v) is 6.79. The highest BCUT2D eigenvalue weighted by Gasteiger charge is 2.19. The second kappa shape index (κ2) is 5.05. The summed E-state index contributed by atoms with van der Waals surface area (Å²) >= 11 is 0. The number of nitrogens with two attached hydrogens (primary N) is 1. The fourth-order valence-corrected chi connectivity index (χ4v) is 2.78. The number of pyridine rings is 1. The van der Waals surface area contributed by atoms with Crippen LogP contribution in [0.3, 0.4) is 0 Å². The van der Waals surface area contributed by atoms with E-state index in [4.69, 9.17) is 5.73 Å². The summed E-state index contributed by atoms with van der Waals surface area (Å²) in [4.78, 5) is 6.83. The van der Waals surface area contributed by atoms with Crippen LogP contribution in [-0.2, 0) is 0 Å². The fraction of sp³-hybridized carbons (Fsp3) is 0.400. The van der Waals surface area contributed by atoms with E-state index in [1.165, 1.54) is 19.5 Å². The van der Waals surface area contributed by atoms with E-state index in [1.807, 2.05) is 30.5 Å². The number of nitrogen functional groups attached to an aromatic ring is 1. The molecule has 3 N–H and O–H groups in total. The third-order valence-electron chi connectivity index (χ3n) is 3.87. The normalized spacial score (nSPS) is 19.9. The lowest BCUT2D eigenvalue weighted by molar-refractivity contribution is 0.399.